The summed E-state index contributed by atoms with van der Waals surface area (Å²) in [6, 6.07) is 12.1. The smallest absolute Gasteiger partial charge is 0.254 e. The van der Waals surface area contributed by atoms with Gasteiger partial charge in [-0.25, -0.2) is 0 Å². The standard InChI is InChI=1S/C12H8N2.Au/c1-3-9-5-6-10-4-2-8-14-12(10)11(9)13-7-1;/h1-8H;/q;+3. The number of benzene rings is 1. The summed E-state index contributed by atoms with van der Waals surface area (Å²) in [5, 5.41) is 2.28. The van der Waals surface area contributed by atoms with Crippen LogP contribution in [0.1, 0.15) is 0 Å². The molecule has 2 aromatic heterocycles. The average Bonchev–Trinajstić information content (AvgIpc) is 2.29. The first-order valence-electron chi connectivity index (χ1n) is 4.53. The predicted molar refractivity (Wildman–Crippen MR) is 57.0 cm³/mol. The maximum atomic E-state index is 4.35. The van der Waals surface area contributed by atoms with Gasteiger partial charge >= 0.3 is 22.4 Å². The van der Waals surface area contributed by atoms with Crippen LogP contribution in [0.5, 0.6) is 0 Å². The SMILES string of the molecule is [Au+3].c1cnc2c(c1)ccc1cccnc12. The summed E-state index contributed by atoms with van der Waals surface area (Å²) in [6.07, 6.45) is 3.60. The van der Waals surface area contributed by atoms with Gasteiger partial charge in [-0.1, -0.05) is 24.3 Å². The molecule has 3 rings (SSSR count). The Kier molecular flexibility index (Phi) is 2.82. The summed E-state index contributed by atoms with van der Waals surface area (Å²) in [6.45, 7) is 0. The van der Waals surface area contributed by atoms with Gasteiger partial charge < -0.3 is 0 Å². The van der Waals surface area contributed by atoms with Crippen LogP contribution in [0.4, 0.5) is 0 Å². The first kappa shape index (κ1) is 10.3. The van der Waals surface area contributed by atoms with Crippen molar-refractivity contribution < 1.29 is 22.4 Å². The zero-order valence-corrected chi connectivity index (χ0v) is 9.98. The van der Waals surface area contributed by atoms with Crippen LogP contribution in [0.15, 0.2) is 48.8 Å². The van der Waals surface area contributed by atoms with E-state index in [1.165, 1.54) is 0 Å². The van der Waals surface area contributed by atoms with E-state index in [1.54, 1.807) is 12.4 Å². The van der Waals surface area contributed by atoms with Crippen molar-refractivity contribution in [3.63, 3.8) is 0 Å². The second-order valence-electron chi connectivity index (χ2n) is 3.22. The van der Waals surface area contributed by atoms with Crippen molar-refractivity contribution in [2.24, 2.45) is 0 Å². The van der Waals surface area contributed by atoms with Gasteiger partial charge in [-0.05, 0) is 12.1 Å². The molecule has 3 heteroatoms. The van der Waals surface area contributed by atoms with Gasteiger partial charge in [-0.3, -0.25) is 9.97 Å². The molecule has 0 fully saturated rings. The van der Waals surface area contributed by atoms with E-state index >= 15 is 0 Å². The van der Waals surface area contributed by atoms with Crippen LogP contribution in [0.25, 0.3) is 21.8 Å². The monoisotopic (exact) mass is 377 g/mol. The Labute approximate surface area is 103 Å². The van der Waals surface area contributed by atoms with E-state index in [-0.39, 0.29) is 22.4 Å². The molecule has 0 radical (unpaired) electrons. The van der Waals surface area contributed by atoms with Crippen molar-refractivity contribution in [2.45, 2.75) is 0 Å². The van der Waals surface area contributed by atoms with E-state index in [1.807, 2.05) is 12.1 Å². The molecule has 0 aliphatic carbocycles. The van der Waals surface area contributed by atoms with E-state index < -0.39 is 0 Å². The first-order valence-corrected chi connectivity index (χ1v) is 4.53. The maximum absolute atomic E-state index is 4.35. The molecule has 3 aromatic rings. The zero-order chi connectivity index (χ0) is 9.38. The summed E-state index contributed by atoms with van der Waals surface area (Å²) < 4.78 is 0. The number of rotatable bonds is 0. The molecule has 1 aromatic carbocycles. The summed E-state index contributed by atoms with van der Waals surface area (Å²) in [5.74, 6) is 0. The average molecular weight is 377 g/mol. The van der Waals surface area contributed by atoms with Crippen LogP contribution in [-0.2, 0) is 22.4 Å². The molecule has 15 heavy (non-hydrogen) atoms. The van der Waals surface area contributed by atoms with Gasteiger partial charge in [0.25, 0.3) is 0 Å². The Morgan fingerprint density at radius 1 is 0.667 bits per heavy atom. The summed E-state index contributed by atoms with van der Waals surface area (Å²) in [7, 11) is 0. The van der Waals surface area contributed by atoms with Gasteiger partial charge in [0.1, 0.15) is 0 Å². The molecule has 0 spiro atoms. The van der Waals surface area contributed by atoms with Crippen molar-refractivity contribution >= 4 is 21.8 Å². The minimum absolute atomic E-state index is 0. The largest absolute Gasteiger partial charge is 3.00 e. The molecular formula is C12H8AuN2+3. The third-order valence-corrected chi connectivity index (χ3v) is 2.34. The van der Waals surface area contributed by atoms with Gasteiger partial charge in [0.2, 0.25) is 0 Å². The molecule has 0 unspecified atom stereocenters. The van der Waals surface area contributed by atoms with Crippen molar-refractivity contribution in [3.05, 3.63) is 48.8 Å². The molecule has 0 amide bonds. The molecule has 0 aliphatic rings. The normalized spacial score (nSPS) is 10.1. The minimum Gasteiger partial charge on any atom is -0.254 e. The Balaban J connectivity index is 0.000000853. The van der Waals surface area contributed by atoms with Crippen molar-refractivity contribution in [3.8, 4) is 0 Å². The second kappa shape index (κ2) is 4.11. The third-order valence-electron chi connectivity index (χ3n) is 2.34. The fraction of sp³-hybridized carbons (Fsp3) is 0. The fourth-order valence-corrected chi connectivity index (χ4v) is 1.68. The van der Waals surface area contributed by atoms with Gasteiger partial charge in [0.05, 0.1) is 11.0 Å². The molecule has 0 saturated heterocycles. The Hall–Kier alpha value is -1.22. The van der Waals surface area contributed by atoms with Gasteiger partial charge in [0, 0.05) is 23.2 Å². The van der Waals surface area contributed by atoms with E-state index in [2.05, 4.69) is 34.2 Å². The molecule has 2 heterocycles. The first-order chi connectivity index (χ1) is 6.95. The quantitative estimate of drug-likeness (QED) is 0.445. The van der Waals surface area contributed by atoms with Crippen LogP contribution < -0.4 is 0 Å². The van der Waals surface area contributed by atoms with E-state index in [9.17, 15) is 0 Å². The van der Waals surface area contributed by atoms with Crippen molar-refractivity contribution in [2.75, 3.05) is 0 Å². The fourth-order valence-electron chi connectivity index (χ4n) is 1.68. The Morgan fingerprint density at radius 3 is 1.60 bits per heavy atom. The van der Waals surface area contributed by atoms with Crippen LogP contribution >= 0.6 is 0 Å². The second-order valence-corrected chi connectivity index (χ2v) is 3.22. The van der Waals surface area contributed by atoms with E-state index in [0.29, 0.717) is 0 Å². The molecule has 0 atom stereocenters. The van der Waals surface area contributed by atoms with Crippen LogP contribution in [0, 0.1) is 0 Å². The topological polar surface area (TPSA) is 25.8 Å². The summed E-state index contributed by atoms with van der Waals surface area (Å²) >= 11 is 0. The number of pyridine rings is 2. The van der Waals surface area contributed by atoms with E-state index in [4.69, 9.17) is 0 Å². The minimum atomic E-state index is 0. The molecule has 0 N–H and O–H groups in total. The number of aromatic nitrogens is 2. The number of hydrogen-bond donors (Lipinski definition) is 0. The van der Waals surface area contributed by atoms with Gasteiger partial charge in [-0.2, -0.15) is 0 Å². The molecule has 0 aliphatic heterocycles. The number of hydrogen-bond acceptors (Lipinski definition) is 2. The van der Waals surface area contributed by atoms with Crippen LogP contribution in [0.2, 0.25) is 0 Å². The van der Waals surface area contributed by atoms with Gasteiger partial charge in [0.15, 0.2) is 0 Å². The van der Waals surface area contributed by atoms with Crippen LogP contribution in [0.3, 0.4) is 0 Å². The Morgan fingerprint density at radius 2 is 1.13 bits per heavy atom. The van der Waals surface area contributed by atoms with Gasteiger partial charge in [-0.15, -0.1) is 0 Å². The molecule has 0 saturated carbocycles. The number of fused-ring (bicyclic) bond motifs is 3. The summed E-state index contributed by atoms with van der Waals surface area (Å²) in [4.78, 5) is 8.69. The third kappa shape index (κ3) is 1.67. The van der Waals surface area contributed by atoms with Crippen molar-refractivity contribution in [1.29, 1.82) is 0 Å². The Bertz CT molecular complexity index is 553. The maximum Gasteiger partial charge on any atom is 3.00 e. The molecule has 0 bridgehead atoms. The molecule has 2 nitrogen and oxygen atoms in total. The number of nitrogens with zero attached hydrogens (tertiary/aromatic N) is 2. The van der Waals surface area contributed by atoms with Crippen LogP contribution in [-0.4, -0.2) is 9.97 Å². The van der Waals surface area contributed by atoms with Crippen molar-refractivity contribution in [1.82, 2.24) is 9.97 Å². The molecule has 74 valence electrons. The summed E-state index contributed by atoms with van der Waals surface area (Å²) in [5.41, 5.74) is 1.95. The van der Waals surface area contributed by atoms with E-state index in [0.717, 1.165) is 21.8 Å². The predicted octanol–water partition coefficient (Wildman–Crippen LogP) is 2.78. The molecular weight excluding hydrogens is 369 g/mol. The zero-order valence-electron chi connectivity index (χ0n) is 7.81.